The highest BCUT2D eigenvalue weighted by molar-refractivity contribution is 7.89. The molecular formula is C21H21N3O4S. The van der Waals surface area contributed by atoms with Crippen LogP contribution in [0.4, 0.5) is 0 Å². The number of hydrogen-bond acceptors (Lipinski definition) is 4. The van der Waals surface area contributed by atoms with E-state index in [2.05, 4.69) is 15.6 Å². The van der Waals surface area contributed by atoms with Crippen LogP contribution in [0.15, 0.2) is 71.6 Å². The number of rotatable bonds is 6. The highest BCUT2D eigenvalue weighted by Gasteiger charge is 2.15. The van der Waals surface area contributed by atoms with E-state index in [9.17, 15) is 18.0 Å². The molecule has 2 amide bonds. The Balaban J connectivity index is 1.51. The third kappa shape index (κ3) is 5.18. The molecule has 0 aliphatic carbocycles. The molecule has 0 fully saturated rings. The topological polar surface area (TPSA) is 104 Å². The maximum Gasteiger partial charge on any atom is 0.269 e. The molecule has 0 aliphatic rings. The van der Waals surface area contributed by atoms with Gasteiger partial charge >= 0.3 is 0 Å². The normalized spacial score (nSPS) is 11.2. The summed E-state index contributed by atoms with van der Waals surface area (Å²) >= 11 is 0. The lowest BCUT2D eigenvalue weighted by atomic mass is 10.1. The van der Waals surface area contributed by atoms with Crippen LogP contribution in [0.2, 0.25) is 0 Å². The molecule has 0 radical (unpaired) electrons. The Morgan fingerprint density at radius 1 is 0.862 bits per heavy atom. The van der Waals surface area contributed by atoms with Gasteiger partial charge in [0.1, 0.15) is 0 Å². The van der Waals surface area contributed by atoms with Crippen molar-refractivity contribution in [1.82, 2.24) is 15.6 Å². The van der Waals surface area contributed by atoms with Crippen LogP contribution >= 0.6 is 0 Å². The lowest BCUT2D eigenvalue weighted by molar-refractivity contribution is -0.121. The predicted octanol–water partition coefficient (Wildman–Crippen LogP) is 2.28. The van der Waals surface area contributed by atoms with E-state index < -0.39 is 21.8 Å². The molecule has 0 saturated heterocycles. The van der Waals surface area contributed by atoms with Crippen LogP contribution in [-0.2, 0) is 14.8 Å². The molecule has 150 valence electrons. The van der Waals surface area contributed by atoms with E-state index in [1.54, 1.807) is 37.3 Å². The van der Waals surface area contributed by atoms with Crippen LogP contribution in [0.1, 0.15) is 22.3 Å². The second kappa shape index (κ2) is 8.85. The molecule has 29 heavy (non-hydrogen) atoms. The van der Waals surface area contributed by atoms with E-state index in [4.69, 9.17) is 0 Å². The van der Waals surface area contributed by atoms with Crippen LogP contribution in [0.25, 0.3) is 10.8 Å². The summed E-state index contributed by atoms with van der Waals surface area (Å²) in [6.45, 7) is 1.69. The molecule has 0 aromatic heterocycles. The minimum Gasteiger partial charge on any atom is -0.273 e. The first-order valence-electron chi connectivity index (χ1n) is 9.00. The van der Waals surface area contributed by atoms with Crippen LogP contribution in [0.5, 0.6) is 0 Å². The zero-order valence-electron chi connectivity index (χ0n) is 15.8. The number of hydrogen-bond donors (Lipinski definition) is 3. The molecule has 3 N–H and O–H groups in total. The fourth-order valence-electron chi connectivity index (χ4n) is 2.80. The SMILES string of the molecule is Cc1ccccc1C(=O)NNC(=O)CCNS(=O)(=O)c1ccc2ccccc2c1. The zero-order chi connectivity index (χ0) is 20.9. The molecule has 0 saturated carbocycles. The molecule has 0 atom stereocenters. The first-order chi connectivity index (χ1) is 13.9. The fourth-order valence-corrected chi connectivity index (χ4v) is 3.87. The van der Waals surface area contributed by atoms with Gasteiger partial charge in [-0.15, -0.1) is 0 Å². The number of aryl methyl sites for hydroxylation is 1. The number of nitrogens with one attached hydrogen (secondary N) is 3. The number of amides is 2. The van der Waals surface area contributed by atoms with E-state index in [1.165, 1.54) is 6.07 Å². The van der Waals surface area contributed by atoms with E-state index in [0.717, 1.165) is 16.3 Å². The summed E-state index contributed by atoms with van der Waals surface area (Å²) < 4.78 is 27.3. The Morgan fingerprint density at radius 2 is 1.55 bits per heavy atom. The van der Waals surface area contributed by atoms with Crippen molar-refractivity contribution in [2.75, 3.05) is 6.54 Å². The van der Waals surface area contributed by atoms with Gasteiger partial charge in [0.2, 0.25) is 15.9 Å². The second-order valence-electron chi connectivity index (χ2n) is 6.47. The summed E-state index contributed by atoms with van der Waals surface area (Å²) in [6.07, 6.45) is -0.124. The number of benzene rings is 3. The van der Waals surface area contributed by atoms with Crippen molar-refractivity contribution in [1.29, 1.82) is 0 Å². The molecule has 0 spiro atoms. The van der Waals surface area contributed by atoms with E-state index >= 15 is 0 Å². The number of carbonyl (C=O) groups is 2. The van der Waals surface area contributed by atoms with Gasteiger partial charge in [0.25, 0.3) is 5.91 Å². The van der Waals surface area contributed by atoms with Gasteiger partial charge in [0, 0.05) is 18.5 Å². The smallest absolute Gasteiger partial charge is 0.269 e. The van der Waals surface area contributed by atoms with Crippen molar-refractivity contribution in [3.05, 3.63) is 77.9 Å². The minimum atomic E-state index is -3.74. The maximum atomic E-state index is 12.4. The van der Waals surface area contributed by atoms with Crippen molar-refractivity contribution in [2.24, 2.45) is 0 Å². The summed E-state index contributed by atoms with van der Waals surface area (Å²) in [5.74, 6) is -0.943. The molecule has 0 unspecified atom stereocenters. The Bertz CT molecular complexity index is 1160. The molecule has 0 heterocycles. The van der Waals surface area contributed by atoms with Crippen molar-refractivity contribution >= 4 is 32.6 Å². The van der Waals surface area contributed by atoms with Crippen molar-refractivity contribution in [3.8, 4) is 0 Å². The molecule has 0 bridgehead atoms. The molecule has 8 heteroatoms. The monoisotopic (exact) mass is 411 g/mol. The van der Waals surface area contributed by atoms with Crippen LogP contribution in [0, 0.1) is 6.92 Å². The standard InChI is InChI=1S/C21H21N3O4S/c1-15-6-2-5-9-19(15)21(26)24-23-20(25)12-13-22-29(27,28)18-11-10-16-7-3-4-8-17(16)14-18/h2-11,14,22H,12-13H2,1H3,(H,23,25)(H,24,26). The number of hydrazine groups is 1. The Hall–Kier alpha value is -3.23. The van der Waals surface area contributed by atoms with E-state index in [1.807, 2.05) is 30.3 Å². The summed E-state index contributed by atoms with van der Waals surface area (Å²) in [6, 6.07) is 19.3. The summed E-state index contributed by atoms with van der Waals surface area (Å²) in [5.41, 5.74) is 5.84. The quantitative estimate of drug-likeness (QED) is 0.541. The van der Waals surface area contributed by atoms with E-state index in [-0.39, 0.29) is 17.9 Å². The third-order valence-electron chi connectivity index (χ3n) is 4.38. The molecule has 3 aromatic carbocycles. The predicted molar refractivity (Wildman–Crippen MR) is 111 cm³/mol. The molecule has 3 aromatic rings. The minimum absolute atomic E-state index is 0.0960. The van der Waals surface area contributed by atoms with Gasteiger partial charge in [-0.3, -0.25) is 20.4 Å². The van der Waals surface area contributed by atoms with Crippen molar-refractivity contribution in [2.45, 2.75) is 18.2 Å². The first kappa shape index (κ1) is 20.5. The first-order valence-corrected chi connectivity index (χ1v) is 10.5. The maximum absolute atomic E-state index is 12.4. The summed E-state index contributed by atoms with van der Waals surface area (Å²) in [5, 5.41) is 1.75. The Morgan fingerprint density at radius 3 is 2.31 bits per heavy atom. The van der Waals surface area contributed by atoms with Crippen LogP contribution < -0.4 is 15.6 Å². The van der Waals surface area contributed by atoms with Crippen LogP contribution in [0.3, 0.4) is 0 Å². The number of carbonyl (C=O) groups excluding carboxylic acids is 2. The van der Waals surface area contributed by atoms with E-state index in [0.29, 0.717) is 5.56 Å². The fraction of sp³-hybridized carbons (Fsp3) is 0.143. The Labute approximate surface area is 169 Å². The van der Waals surface area contributed by atoms with Gasteiger partial charge in [0.05, 0.1) is 4.90 Å². The number of sulfonamides is 1. The van der Waals surface area contributed by atoms with Crippen molar-refractivity contribution in [3.63, 3.8) is 0 Å². The highest BCUT2D eigenvalue weighted by atomic mass is 32.2. The molecular weight excluding hydrogens is 390 g/mol. The largest absolute Gasteiger partial charge is 0.273 e. The lowest BCUT2D eigenvalue weighted by Crippen LogP contribution is -2.43. The van der Waals surface area contributed by atoms with Crippen LogP contribution in [-0.4, -0.2) is 26.8 Å². The van der Waals surface area contributed by atoms with Gasteiger partial charge < -0.3 is 0 Å². The average molecular weight is 411 g/mol. The molecule has 3 rings (SSSR count). The Kier molecular flexibility index (Phi) is 6.26. The zero-order valence-corrected chi connectivity index (χ0v) is 16.6. The lowest BCUT2D eigenvalue weighted by Gasteiger charge is -2.10. The summed E-state index contributed by atoms with van der Waals surface area (Å²) in [4.78, 5) is 24.1. The average Bonchev–Trinajstić information content (AvgIpc) is 2.72. The van der Waals surface area contributed by atoms with Crippen molar-refractivity contribution < 1.29 is 18.0 Å². The van der Waals surface area contributed by atoms with Gasteiger partial charge in [-0.1, -0.05) is 48.5 Å². The van der Waals surface area contributed by atoms with Gasteiger partial charge in [-0.2, -0.15) is 0 Å². The third-order valence-corrected chi connectivity index (χ3v) is 5.84. The summed E-state index contributed by atoms with van der Waals surface area (Å²) in [7, 11) is -3.74. The second-order valence-corrected chi connectivity index (χ2v) is 8.24. The highest BCUT2D eigenvalue weighted by Crippen LogP contribution is 2.18. The van der Waals surface area contributed by atoms with Gasteiger partial charge in [-0.25, -0.2) is 13.1 Å². The number of fused-ring (bicyclic) bond motifs is 1. The van der Waals surface area contributed by atoms with Gasteiger partial charge in [-0.05, 0) is 41.5 Å². The molecule has 0 aliphatic heterocycles. The van der Waals surface area contributed by atoms with Gasteiger partial charge in [0.15, 0.2) is 0 Å². The molecule has 7 nitrogen and oxygen atoms in total.